The Morgan fingerprint density at radius 2 is 2.12 bits per heavy atom. The normalized spacial score (nSPS) is 25.7. The van der Waals surface area contributed by atoms with Gasteiger partial charge in [0, 0.05) is 25.6 Å². The van der Waals surface area contributed by atoms with E-state index in [0.717, 1.165) is 0 Å². The molecule has 5 heteroatoms. The summed E-state index contributed by atoms with van der Waals surface area (Å²) < 4.78 is 5.27. The molecule has 0 aromatic heterocycles. The fourth-order valence-electron chi connectivity index (χ4n) is 2.03. The Balaban J connectivity index is 2.69. The van der Waals surface area contributed by atoms with Crippen molar-refractivity contribution >= 4 is 11.8 Å². The molecule has 2 amide bonds. The van der Waals surface area contributed by atoms with Crippen LogP contribution in [0.25, 0.3) is 0 Å². The van der Waals surface area contributed by atoms with E-state index in [4.69, 9.17) is 4.74 Å². The van der Waals surface area contributed by atoms with Crippen LogP contribution in [0.3, 0.4) is 0 Å². The van der Waals surface area contributed by atoms with E-state index in [1.165, 1.54) is 0 Å². The van der Waals surface area contributed by atoms with E-state index < -0.39 is 0 Å². The molecule has 0 bridgehead atoms. The van der Waals surface area contributed by atoms with Crippen LogP contribution in [0.2, 0.25) is 0 Å². The van der Waals surface area contributed by atoms with Crippen molar-refractivity contribution in [3.63, 3.8) is 0 Å². The van der Waals surface area contributed by atoms with Crippen molar-refractivity contribution in [1.29, 1.82) is 0 Å². The second kappa shape index (κ2) is 6.59. The number of hydrogen-bond acceptors (Lipinski definition) is 3. The van der Waals surface area contributed by atoms with Crippen molar-refractivity contribution in [3.8, 4) is 0 Å². The molecule has 0 aromatic rings. The Hall–Kier alpha value is -1.10. The highest BCUT2D eigenvalue weighted by molar-refractivity contribution is 5.90. The summed E-state index contributed by atoms with van der Waals surface area (Å²) in [6, 6.07) is -0.436. The van der Waals surface area contributed by atoms with Gasteiger partial charge in [-0.2, -0.15) is 0 Å². The summed E-state index contributed by atoms with van der Waals surface area (Å²) in [5.74, 6) is -0.0397. The first-order valence-corrected chi connectivity index (χ1v) is 6.27. The first-order chi connectivity index (χ1) is 8.10. The Bertz CT molecular complexity index is 281. The minimum Gasteiger partial charge on any atom is -0.380 e. The molecule has 1 rings (SSSR count). The zero-order valence-corrected chi connectivity index (χ0v) is 10.9. The van der Waals surface area contributed by atoms with Crippen LogP contribution in [0.15, 0.2) is 0 Å². The standard InChI is InChI=1S/C12H22N2O3/c1-4-10-12(16)14(6-7-17-5-2)9(3)8-11(15)13-10/h9-10H,4-8H2,1-3H3,(H,13,15). The molecule has 98 valence electrons. The third kappa shape index (κ3) is 3.70. The molecule has 1 heterocycles. The average molecular weight is 242 g/mol. The van der Waals surface area contributed by atoms with Gasteiger partial charge in [-0.15, -0.1) is 0 Å². The number of nitrogens with zero attached hydrogens (tertiary/aromatic N) is 1. The fraction of sp³-hybridized carbons (Fsp3) is 0.833. The van der Waals surface area contributed by atoms with Gasteiger partial charge in [-0.05, 0) is 20.3 Å². The van der Waals surface area contributed by atoms with Gasteiger partial charge in [-0.25, -0.2) is 0 Å². The van der Waals surface area contributed by atoms with Crippen LogP contribution in [-0.2, 0) is 14.3 Å². The lowest BCUT2D eigenvalue weighted by molar-refractivity contribution is -0.135. The monoisotopic (exact) mass is 242 g/mol. The van der Waals surface area contributed by atoms with Crippen LogP contribution >= 0.6 is 0 Å². The third-order valence-corrected chi connectivity index (χ3v) is 3.02. The van der Waals surface area contributed by atoms with E-state index in [-0.39, 0.29) is 23.9 Å². The van der Waals surface area contributed by atoms with Crippen molar-refractivity contribution in [2.75, 3.05) is 19.8 Å². The molecule has 0 spiro atoms. The number of ether oxygens (including phenoxy) is 1. The van der Waals surface area contributed by atoms with Crippen molar-refractivity contribution in [2.24, 2.45) is 0 Å². The van der Waals surface area contributed by atoms with E-state index in [2.05, 4.69) is 5.32 Å². The molecule has 2 unspecified atom stereocenters. The maximum Gasteiger partial charge on any atom is 0.245 e. The van der Waals surface area contributed by atoms with Crippen molar-refractivity contribution in [2.45, 2.75) is 45.7 Å². The molecule has 1 fully saturated rings. The van der Waals surface area contributed by atoms with E-state index in [1.54, 1.807) is 4.90 Å². The second-order valence-electron chi connectivity index (χ2n) is 4.31. The van der Waals surface area contributed by atoms with Crippen LogP contribution in [0.5, 0.6) is 0 Å². The van der Waals surface area contributed by atoms with Gasteiger partial charge < -0.3 is 15.0 Å². The molecule has 1 aliphatic rings. The summed E-state index contributed by atoms with van der Waals surface area (Å²) >= 11 is 0. The Kier molecular flexibility index (Phi) is 5.41. The van der Waals surface area contributed by atoms with Gasteiger partial charge in [0.15, 0.2) is 0 Å². The molecular weight excluding hydrogens is 220 g/mol. The van der Waals surface area contributed by atoms with E-state index in [1.807, 2.05) is 20.8 Å². The van der Waals surface area contributed by atoms with Crippen LogP contribution in [0.1, 0.15) is 33.6 Å². The highest BCUT2D eigenvalue weighted by Crippen LogP contribution is 2.12. The Morgan fingerprint density at radius 1 is 1.41 bits per heavy atom. The lowest BCUT2D eigenvalue weighted by Gasteiger charge is -2.28. The van der Waals surface area contributed by atoms with Gasteiger partial charge in [0.05, 0.1) is 6.61 Å². The number of carbonyl (C=O) groups excluding carboxylic acids is 2. The van der Waals surface area contributed by atoms with Gasteiger partial charge in [0.25, 0.3) is 0 Å². The van der Waals surface area contributed by atoms with Gasteiger partial charge in [-0.3, -0.25) is 9.59 Å². The second-order valence-corrected chi connectivity index (χ2v) is 4.31. The summed E-state index contributed by atoms with van der Waals surface area (Å²) in [5, 5.41) is 2.76. The quantitative estimate of drug-likeness (QED) is 0.716. The van der Waals surface area contributed by atoms with Gasteiger partial charge in [0.1, 0.15) is 6.04 Å². The summed E-state index contributed by atoms with van der Waals surface area (Å²) in [6.07, 6.45) is 0.997. The molecule has 0 saturated carbocycles. The topological polar surface area (TPSA) is 58.6 Å². The number of amides is 2. The fourth-order valence-corrected chi connectivity index (χ4v) is 2.03. The maximum atomic E-state index is 12.2. The Labute approximate surface area is 102 Å². The molecule has 0 radical (unpaired) electrons. The van der Waals surface area contributed by atoms with Crippen molar-refractivity contribution in [1.82, 2.24) is 10.2 Å². The van der Waals surface area contributed by atoms with Gasteiger partial charge >= 0.3 is 0 Å². The molecule has 5 nitrogen and oxygen atoms in total. The lowest BCUT2D eigenvalue weighted by atomic mass is 10.2. The number of carbonyl (C=O) groups is 2. The smallest absolute Gasteiger partial charge is 0.245 e. The first-order valence-electron chi connectivity index (χ1n) is 6.27. The molecule has 0 aromatic carbocycles. The predicted molar refractivity (Wildman–Crippen MR) is 64.5 cm³/mol. The van der Waals surface area contributed by atoms with Crippen LogP contribution in [-0.4, -0.2) is 48.6 Å². The van der Waals surface area contributed by atoms with E-state index in [9.17, 15) is 9.59 Å². The molecule has 0 aliphatic carbocycles. The first kappa shape index (κ1) is 14.0. The van der Waals surface area contributed by atoms with E-state index in [0.29, 0.717) is 32.6 Å². The number of hydrogen-bond donors (Lipinski definition) is 1. The summed E-state index contributed by atoms with van der Waals surface area (Å²) in [4.78, 5) is 25.5. The van der Waals surface area contributed by atoms with Crippen LogP contribution < -0.4 is 5.32 Å². The van der Waals surface area contributed by atoms with Crippen LogP contribution in [0, 0.1) is 0 Å². The maximum absolute atomic E-state index is 12.2. The zero-order valence-electron chi connectivity index (χ0n) is 10.9. The number of nitrogens with one attached hydrogen (secondary N) is 1. The van der Waals surface area contributed by atoms with Gasteiger partial charge in [0.2, 0.25) is 11.8 Å². The predicted octanol–water partition coefficient (Wildman–Crippen LogP) is 0.538. The molecule has 2 atom stereocenters. The van der Waals surface area contributed by atoms with Crippen molar-refractivity contribution in [3.05, 3.63) is 0 Å². The van der Waals surface area contributed by atoms with E-state index >= 15 is 0 Å². The molecule has 1 N–H and O–H groups in total. The molecular formula is C12H22N2O3. The minimum absolute atomic E-state index is 0.00514. The van der Waals surface area contributed by atoms with Crippen molar-refractivity contribution < 1.29 is 14.3 Å². The lowest BCUT2D eigenvalue weighted by Crippen LogP contribution is -2.47. The summed E-state index contributed by atoms with van der Waals surface area (Å²) in [7, 11) is 0. The molecule has 17 heavy (non-hydrogen) atoms. The molecule has 1 saturated heterocycles. The SMILES string of the molecule is CCOCCN1C(=O)C(CC)NC(=O)CC1C. The van der Waals surface area contributed by atoms with Crippen LogP contribution in [0.4, 0.5) is 0 Å². The summed E-state index contributed by atoms with van der Waals surface area (Å²) in [6.45, 7) is 7.45. The zero-order chi connectivity index (χ0) is 12.8. The third-order valence-electron chi connectivity index (χ3n) is 3.02. The minimum atomic E-state index is -0.380. The largest absolute Gasteiger partial charge is 0.380 e. The Morgan fingerprint density at radius 3 is 2.71 bits per heavy atom. The highest BCUT2D eigenvalue weighted by atomic mass is 16.5. The van der Waals surface area contributed by atoms with Gasteiger partial charge in [-0.1, -0.05) is 6.92 Å². The average Bonchev–Trinajstić information content (AvgIpc) is 2.39. The summed E-state index contributed by atoms with van der Waals surface area (Å²) in [5.41, 5.74) is 0. The number of rotatable bonds is 5. The highest BCUT2D eigenvalue weighted by Gasteiger charge is 2.32. The molecule has 1 aliphatic heterocycles.